The van der Waals surface area contributed by atoms with E-state index < -0.39 is 6.10 Å². The summed E-state index contributed by atoms with van der Waals surface area (Å²) < 4.78 is 23.5. The lowest BCUT2D eigenvalue weighted by Gasteiger charge is -2.16. The van der Waals surface area contributed by atoms with Crippen LogP contribution in [0.15, 0.2) is 54.7 Å². The van der Waals surface area contributed by atoms with Gasteiger partial charge < -0.3 is 24.3 Å². The van der Waals surface area contributed by atoms with Crippen LogP contribution in [-0.4, -0.2) is 43.1 Å². The van der Waals surface area contributed by atoms with E-state index >= 15 is 0 Å². The lowest BCUT2D eigenvalue weighted by molar-refractivity contribution is -0.127. The minimum atomic E-state index is -0.652. The topological polar surface area (TPSA) is 83.8 Å². The molecule has 8 heteroatoms. The lowest BCUT2D eigenvalue weighted by atomic mass is 10.2. The third-order valence-electron chi connectivity index (χ3n) is 4.78. The van der Waals surface area contributed by atoms with Gasteiger partial charge in [-0.05, 0) is 30.7 Å². The number of amides is 1. The standard InChI is InChI=1S/C23H27N3O5/c1-16(31-15-17-7-5-9-19(13-17)28-2)23(27)25-21-11-12-24-26(21)14-18-8-6-10-20(29-3)22(18)30-4/h5-13,16H,14-15H2,1-4H3,(H,25,27). The molecule has 0 bridgehead atoms. The van der Waals surface area contributed by atoms with Gasteiger partial charge in [0.15, 0.2) is 11.5 Å². The van der Waals surface area contributed by atoms with Gasteiger partial charge in [-0.1, -0.05) is 24.3 Å². The summed E-state index contributed by atoms with van der Waals surface area (Å²) in [5, 5.41) is 7.19. The minimum absolute atomic E-state index is 0.262. The van der Waals surface area contributed by atoms with Gasteiger partial charge in [0.05, 0.1) is 40.7 Å². The first-order chi connectivity index (χ1) is 15.0. The van der Waals surface area contributed by atoms with Crippen LogP contribution in [-0.2, 0) is 22.7 Å². The number of hydrogen-bond donors (Lipinski definition) is 1. The van der Waals surface area contributed by atoms with Gasteiger partial charge in [0.25, 0.3) is 5.91 Å². The maximum absolute atomic E-state index is 12.6. The van der Waals surface area contributed by atoms with Crippen molar-refractivity contribution in [1.82, 2.24) is 9.78 Å². The van der Waals surface area contributed by atoms with Crippen LogP contribution in [0.1, 0.15) is 18.1 Å². The lowest BCUT2D eigenvalue weighted by Crippen LogP contribution is -2.28. The molecule has 1 atom stereocenters. The molecule has 164 valence electrons. The fourth-order valence-electron chi connectivity index (χ4n) is 3.09. The number of rotatable bonds is 10. The van der Waals surface area contributed by atoms with Gasteiger partial charge >= 0.3 is 0 Å². The molecule has 0 saturated heterocycles. The number of anilines is 1. The normalized spacial score (nSPS) is 11.6. The van der Waals surface area contributed by atoms with E-state index in [1.54, 1.807) is 45.2 Å². The third-order valence-corrected chi connectivity index (χ3v) is 4.78. The molecule has 1 amide bonds. The number of hydrogen-bond acceptors (Lipinski definition) is 6. The summed E-state index contributed by atoms with van der Waals surface area (Å²) in [6.45, 7) is 2.41. The Balaban J connectivity index is 1.63. The largest absolute Gasteiger partial charge is 0.497 e. The van der Waals surface area contributed by atoms with Crippen molar-refractivity contribution in [2.45, 2.75) is 26.2 Å². The number of para-hydroxylation sites is 1. The Morgan fingerprint density at radius 1 is 1.06 bits per heavy atom. The van der Waals surface area contributed by atoms with Gasteiger partial charge in [-0.25, -0.2) is 4.68 Å². The zero-order valence-corrected chi connectivity index (χ0v) is 18.1. The molecule has 0 fully saturated rings. The van der Waals surface area contributed by atoms with E-state index in [4.69, 9.17) is 18.9 Å². The van der Waals surface area contributed by atoms with Crippen molar-refractivity contribution in [3.8, 4) is 17.2 Å². The van der Waals surface area contributed by atoms with E-state index in [1.807, 2.05) is 42.5 Å². The number of carbonyl (C=O) groups excluding carboxylic acids is 1. The average molecular weight is 425 g/mol. The highest BCUT2D eigenvalue weighted by atomic mass is 16.5. The predicted molar refractivity (Wildman–Crippen MR) is 117 cm³/mol. The van der Waals surface area contributed by atoms with Gasteiger partial charge in [0.2, 0.25) is 0 Å². The second-order valence-electron chi connectivity index (χ2n) is 6.82. The van der Waals surface area contributed by atoms with E-state index in [1.165, 1.54) is 0 Å². The molecule has 2 aromatic carbocycles. The van der Waals surface area contributed by atoms with E-state index in [2.05, 4.69) is 10.4 Å². The molecule has 1 aromatic heterocycles. The van der Waals surface area contributed by atoms with Crippen LogP contribution in [0.2, 0.25) is 0 Å². The summed E-state index contributed by atoms with van der Waals surface area (Å²) in [5.41, 5.74) is 1.80. The molecule has 1 heterocycles. The number of methoxy groups -OCH3 is 3. The van der Waals surface area contributed by atoms with Crippen molar-refractivity contribution in [1.29, 1.82) is 0 Å². The monoisotopic (exact) mass is 425 g/mol. The van der Waals surface area contributed by atoms with Gasteiger partial charge in [-0.3, -0.25) is 4.79 Å². The summed E-state index contributed by atoms with van der Waals surface area (Å²) in [6.07, 6.45) is 0.977. The maximum Gasteiger partial charge on any atom is 0.254 e. The highest BCUT2D eigenvalue weighted by Gasteiger charge is 2.17. The quantitative estimate of drug-likeness (QED) is 0.535. The molecule has 0 aliphatic heterocycles. The Morgan fingerprint density at radius 3 is 2.61 bits per heavy atom. The molecule has 31 heavy (non-hydrogen) atoms. The second kappa shape index (κ2) is 10.5. The SMILES string of the molecule is COc1cccc(COC(C)C(=O)Nc2ccnn2Cc2cccc(OC)c2OC)c1. The number of ether oxygens (including phenoxy) is 4. The molecule has 1 unspecified atom stereocenters. The Labute approximate surface area is 181 Å². The molecule has 1 N–H and O–H groups in total. The van der Waals surface area contributed by atoms with Gasteiger partial charge in [-0.2, -0.15) is 5.10 Å². The summed E-state index contributed by atoms with van der Waals surface area (Å²) in [4.78, 5) is 12.6. The zero-order valence-electron chi connectivity index (χ0n) is 18.1. The summed E-state index contributed by atoms with van der Waals surface area (Å²) in [7, 11) is 4.79. The van der Waals surface area contributed by atoms with Crippen LogP contribution in [0.25, 0.3) is 0 Å². The number of benzene rings is 2. The van der Waals surface area contributed by atoms with Gasteiger partial charge in [0.1, 0.15) is 17.7 Å². The zero-order chi connectivity index (χ0) is 22.2. The molecule has 0 aliphatic carbocycles. The van der Waals surface area contributed by atoms with Crippen molar-refractivity contribution >= 4 is 11.7 Å². The first-order valence-corrected chi connectivity index (χ1v) is 9.82. The van der Waals surface area contributed by atoms with Crippen molar-refractivity contribution in [3.63, 3.8) is 0 Å². The average Bonchev–Trinajstić information content (AvgIpc) is 3.23. The van der Waals surface area contributed by atoms with Crippen LogP contribution in [0, 0.1) is 0 Å². The number of nitrogens with zero attached hydrogens (tertiary/aromatic N) is 2. The van der Waals surface area contributed by atoms with Crippen molar-refractivity contribution in [2.24, 2.45) is 0 Å². The fourth-order valence-corrected chi connectivity index (χ4v) is 3.09. The van der Waals surface area contributed by atoms with E-state index in [9.17, 15) is 4.79 Å². The highest BCUT2D eigenvalue weighted by molar-refractivity contribution is 5.93. The number of nitrogens with one attached hydrogen (secondary N) is 1. The van der Waals surface area contributed by atoms with Crippen molar-refractivity contribution in [3.05, 3.63) is 65.9 Å². The van der Waals surface area contributed by atoms with Crippen molar-refractivity contribution < 1.29 is 23.7 Å². The van der Waals surface area contributed by atoms with Crippen LogP contribution in [0.3, 0.4) is 0 Å². The van der Waals surface area contributed by atoms with Crippen LogP contribution in [0.4, 0.5) is 5.82 Å². The Morgan fingerprint density at radius 2 is 1.87 bits per heavy atom. The maximum atomic E-state index is 12.6. The Hall–Kier alpha value is -3.52. The Kier molecular flexibility index (Phi) is 7.50. The minimum Gasteiger partial charge on any atom is -0.497 e. The highest BCUT2D eigenvalue weighted by Crippen LogP contribution is 2.31. The van der Waals surface area contributed by atoms with Gasteiger partial charge in [0, 0.05) is 11.6 Å². The van der Waals surface area contributed by atoms with E-state index in [-0.39, 0.29) is 5.91 Å². The van der Waals surface area contributed by atoms with Crippen LogP contribution in [0.5, 0.6) is 17.2 Å². The molecule has 0 aliphatic rings. The number of aromatic nitrogens is 2. The smallest absolute Gasteiger partial charge is 0.254 e. The predicted octanol–water partition coefficient (Wildman–Crippen LogP) is 3.50. The molecule has 0 spiro atoms. The van der Waals surface area contributed by atoms with Gasteiger partial charge in [-0.15, -0.1) is 0 Å². The molecule has 3 rings (SSSR count). The fraction of sp³-hybridized carbons (Fsp3) is 0.304. The van der Waals surface area contributed by atoms with E-state index in [0.717, 1.165) is 16.9 Å². The summed E-state index contributed by atoms with van der Waals surface area (Å²) in [6, 6.07) is 14.9. The van der Waals surface area contributed by atoms with Crippen LogP contribution >= 0.6 is 0 Å². The summed E-state index contributed by atoms with van der Waals surface area (Å²) in [5.74, 6) is 2.31. The first-order valence-electron chi connectivity index (χ1n) is 9.82. The third kappa shape index (κ3) is 5.55. The molecule has 3 aromatic rings. The molecule has 8 nitrogen and oxygen atoms in total. The number of carbonyl (C=O) groups is 1. The first kappa shape index (κ1) is 22.2. The molecular formula is C23H27N3O5. The van der Waals surface area contributed by atoms with Crippen molar-refractivity contribution in [2.75, 3.05) is 26.6 Å². The second-order valence-corrected chi connectivity index (χ2v) is 6.82. The molecule has 0 radical (unpaired) electrons. The molecular weight excluding hydrogens is 398 g/mol. The molecule has 0 saturated carbocycles. The van der Waals surface area contributed by atoms with E-state index in [0.29, 0.717) is 30.5 Å². The van der Waals surface area contributed by atoms with Crippen LogP contribution < -0.4 is 19.5 Å². The Bertz CT molecular complexity index is 1020. The summed E-state index contributed by atoms with van der Waals surface area (Å²) >= 11 is 0.